The highest BCUT2D eigenvalue weighted by Gasteiger charge is 2.05. The molecule has 1 rings (SSSR count). The van der Waals surface area contributed by atoms with Crippen molar-refractivity contribution in [2.24, 2.45) is 5.92 Å². The molecule has 0 bridgehead atoms. The molecule has 1 atom stereocenters. The number of rotatable bonds is 8. The summed E-state index contributed by atoms with van der Waals surface area (Å²) in [6.45, 7) is 6.50. The lowest BCUT2D eigenvalue weighted by molar-refractivity contribution is 0.420. The van der Waals surface area contributed by atoms with E-state index < -0.39 is 0 Å². The van der Waals surface area contributed by atoms with Gasteiger partial charge < -0.3 is 5.32 Å². The van der Waals surface area contributed by atoms with Crippen molar-refractivity contribution in [3.63, 3.8) is 0 Å². The second kappa shape index (κ2) is 8.27. The van der Waals surface area contributed by atoms with E-state index in [-0.39, 0.29) is 0 Å². The number of thiophene rings is 1. The van der Waals surface area contributed by atoms with E-state index in [1.807, 2.05) is 11.4 Å². The molecule has 0 spiro atoms. The maximum Gasteiger partial charge on any atom is 0.100 e. The first-order chi connectivity index (χ1) is 8.30. The fraction of sp³-hybridized carbons (Fsp3) is 0.643. The molecule has 94 valence electrons. The van der Waals surface area contributed by atoms with Crippen molar-refractivity contribution in [1.29, 1.82) is 5.26 Å². The second-order valence-corrected chi connectivity index (χ2v) is 5.46. The van der Waals surface area contributed by atoms with Crippen LogP contribution in [0.15, 0.2) is 11.4 Å². The summed E-state index contributed by atoms with van der Waals surface area (Å²) in [5.41, 5.74) is 0.782. The van der Waals surface area contributed by atoms with E-state index in [0.717, 1.165) is 24.6 Å². The number of nitrogens with zero attached hydrogens (tertiary/aromatic N) is 1. The summed E-state index contributed by atoms with van der Waals surface area (Å²) in [5.74, 6) is 0.797. The molecule has 0 aromatic carbocycles. The smallest absolute Gasteiger partial charge is 0.100 e. The SMILES string of the molecule is CCCCC(CC)CNCc1cc(C#N)cs1. The van der Waals surface area contributed by atoms with Crippen LogP contribution in [0.2, 0.25) is 0 Å². The van der Waals surface area contributed by atoms with E-state index in [0.29, 0.717) is 0 Å². The van der Waals surface area contributed by atoms with Crippen LogP contribution in [0.3, 0.4) is 0 Å². The molecule has 0 saturated carbocycles. The lowest BCUT2D eigenvalue weighted by atomic mass is 9.99. The zero-order valence-corrected chi connectivity index (χ0v) is 11.6. The van der Waals surface area contributed by atoms with Crippen molar-refractivity contribution >= 4 is 11.3 Å². The van der Waals surface area contributed by atoms with Gasteiger partial charge in [-0.15, -0.1) is 11.3 Å². The minimum absolute atomic E-state index is 0.782. The molecular weight excluding hydrogens is 228 g/mol. The van der Waals surface area contributed by atoms with Gasteiger partial charge in [-0.05, 0) is 24.9 Å². The van der Waals surface area contributed by atoms with Gasteiger partial charge in [-0.25, -0.2) is 0 Å². The van der Waals surface area contributed by atoms with E-state index in [1.54, 1.807) is 11.3 Å². The standard InChI is InChI=1S/C14H22N2S/c1-3-5-6-12(4-2)9-16-10-14-7-13(8-15)11-17-14/h7,11-12,16H,3-6,9-10H2,1-2H3. The molecule has 0 aliphatic rings. The van der Waals surface area contributed by atoms with Crippen molar-refractivity contribution in [2.75, 3.05) is 6.54 Å². The maximum atomic E-state index is 8.74. The van der Waals surface area contributed by atoms with Gasteiger partial charge in [0.05, 0.1) is 5.56 Å². The van der Waals surface area contributed by atoms with Crippen molar-refractivity contribution in [3.05, 3.63) is 21.9 Å². The summed E-state index contributed by atoms with van der Waals surface area (Å²) in [6, 6.07) is 4.15. The number of nitriles is 1. The van der Waals surface area contributed by atoms with Crippen molar-refractivity contribution in [1.82, 2.24) is 5.32 Å². The zero-order valence-electron chi connectivity index (χ0n) is 10.8. The van der Waals surface area contributed by atoms with Gasteiger partial charge in [-0.3, -0.25) is 0 Å². The highest BCUT2D eigenvalue weighted by atomic mass is 32.1. The first kappa shape index (κ1) is 14.2. The highest BCUT2D eigenvalue weighted by molar-refractivity contribution is 7.10. The Balaban J connectivity index is 2.24. The van der Waals surface area contributed by atoms with Crippen molar-refractivity contribution in [3.8, 4) is 6.07 Å². The number of unbranched alkanes of at least 4 members (excludes halogenated alkanes) is 1. The third-order valence-corrected chi connectivity index (χ3v) is 4.00. The Hall–Kier alpha value is -0.850. The summed E-state index contributed by atoms with van der Waals surface area (Å²) in [4.78, 5) is 1.26. The minimum atomic E-state index is 0.782. The molecular formula is C14H22N2S. The molecule has 0 fully saturated rings. The molecule has 3 heteroatoms. The highest BCUT2D eigenvalue weighted by Crippen LogP contribution is 2.15. The average molecular weight is 250 g/mol. The molecule has 1 aromatic heterocycles. The fourth-order valence-electron chi connectivity index (χ4n) is 1.87. The summed E-state index contributed by atoms with van der Waals surface area (Å²) in [7, 11) is 0. The van der Waals surface area contributed by atoms with Gasteiger partial charge in [0.2, 0.25) is 0 Å². The number of hydrogen-bond donors (Lipinski definition) is 1. The molecule has 0 radical (unpaired) electrons. The Bertz CT molecular complexity index is 351. The van der Waals surface area contributed by atoms with E-state index in [9.17, 15) is 0 Å². The van der Waals surface area contributed by atoms with E-state index in [4.69, 9.17) is 5.26 Å². The molecule has 1 aromatic rings. The van der Waals surface area contributed by atoms with Gasteiger partial charge in [-0.1, -0.05) is 33.1 Å². The minimum Gasteiger partial charge on any atom is -0.312 e. The van der Waals surface area contributed by atoms with Crippen LogP contribution in [0, 0.1) is 17.2 Å². The fourth-order valence-corrected chi connectivity index (χ4v) is 2.65. The molecule has 1 unspecified atom stereocenters. The van der Waals surface area contributed by atoms with Gasteiger partial charge in [0.15, 0.2) is 0 Å². The Kier molecular flexibility index (Phi) is 6.91. The monoisotopic (exact) mass is 250 g/mol. The molecule has 1 heterocycles. The van der Waals surface area contributed by atoms with Crippen LogP contribution in [0.4, 0.5) is 0 Å². The topological polar surface area (TPSA) is 35.8 Å². The molecule has 2 nitrogen and oxygen atoms in total. The van der Waals surface area contributed by atoms with Crippen LogP contribution in [0.5, 0.6) is 0 Å². The van der Waals surface area contributed by atoms with Gasteiger partial charge in [0.25, 0.3) is 0 Å². The molecule has 0 saturated heterocycles. The van der Waals surface area contributed by atoms with Gasteiger partial charge in [-0.2, -0.15) is 5.26 Å². The summed E-state index contributed by atoms with van der Waals surface area (Å²) < 4.78 is 0. The third kappa shape index (κ3) is 5.34. The van der Waals surface area contributed by atoms with Gasteiger partial charge in [0, 0.05) is 16.8 Å². The Morgan fingerprint density at radius 3 is 2.88 bits per heavy atom. The van der Waals surface area contributed by atoms with E-state index >= 15 is 0 Å². The zero-order chi connectivity index (χ0) is 12.5. The van der Waals surface area contributed by atoms with E-state index in [1.165, 1.54) is 30.6 Å². The summed E-state index contributed by atoms with van der Waals surface area (Å²) >= 11 is 1.67. The number of hydrogen-bond acceptors (Lipinski definition) is 3. The first-order valence-electron chi connectivity index (χ1n) is 6.48. The Labute approximate surface area is 109 Å². The normalized spacial score (nSPS) is 12.3. The molecule has 1 N–H and O–H groups in total. The first-order valence-corrected chi connectivity index (χ1v) is 7.36. The van der Waals surface area contributed by atoms with Crippen LogP contribution in [-0.4, -0.2) is 6.54 Å². The third-order valence-electron chi connectivity index (χ3n) is 3.06. The van der Waals surface area contributed by atoms with Crippen LogP contribution in [-0.2, 0) is 6.54 Å². The Morgan fingerprint density at radius 2 is 2.29 bits per heavy atom. The lowest BCUT2D eigenvalue weighted by Gasteiger charge is -2.14. The summed E-state index contributed by atoms with van der Waals surface area (Å²) in [5, 5.41) is 14.2. The van der Waals surface area contributed by atoms with Crippen molar-refractivity contribution < 1.29 is 0 Å². The largest absolute Gasteiger partial charge is 0.312 e. The molecule has 0 aliphatic carbocycles. The summed E-state index contributed by atoms with van der Waals surface area (Å²) in [6.07, 6.45) is 5.19. The van der Waals surface area contributed by atoms with Gasteiger partial charge >= 0.3 is 0 Å². The Morgan fingerprint density at radius 1 is 1.47 bits per heavy atom. The molecule has 0 amide bonds. The van der Waals surface area contributed by atoms with Crippen LogP contribution in [0.1, 0.15) is 50.0 Å². The van der Waals surface area contributed by atoms with Crippen molar-refractivity contribution in [2.45, 2.75) is 46.1 Å². The van der Waals surface area contributed by atoms with E-state index in [2.05, 4.69) is 25.2 Å². The maximum absolute atomic E-state index is 8.74. The molecule has 0 aliphatic heterocycles. The van der Waals surface area contributed by atoms with Crippen LogP contribution in [0.25, 0.3) is 0 Å². The van der Waals surface area contributed by atoms with Crippen LogP contribution < -0.4 is 5.32 Å². The van der Waals surface area contributed by atoms with Gasteiger partial charge in [0.1, 0.15) is 6.07 Å². The average Bonchev–Trinajstić information content (AvgIpc) is 2.81. The predicted molar refractivity (Wildman–Crippen MR) is 74.0 cm³/mol. The quantitative estimate of drug-likeness (QED) is 0.759. The lowest BCUT2D eigenvalue weighted by Crippen LogP contribution is -2.21. The van der Waals surface area contributed by atoms with Crippen LogP contribution >= 0.6 is 11.3 Å². The molecule has 17 heavy (non-hydrogen) atoms. The predicted octanol–water partition coefficient (Wildman–Crippen LogP) is 3.93. The number of nitrogens with one attached hydrogen (secondary N) is 1. The second-order valence-electron chi connectivity index (χ2n) is 4.46.